The van der Waals surface area contributed by atoms with Crippen LogP contribution < -0.4 is 10.0 Å². The van der Waals surface area contributed by atoms with E-state index < -0.39 is 15.9 Å². The highest BCUT2D eigenvalue weighted by molar-refractivity contribution is 7.89. The third-order valence-electron chi connectivity index (χ3n) is 5.36. The van der Waals surface area contributed by atoms with Crippen molar-refractivity contribution >= 4 is 27.5 Å². The van der Waals surface area contributed by atoms with Gasteiger partial charge in [0.2, 0.25) is 21.8 Å². The molecule has 0 aliphatic carbocycles. The molecule has 2 aromatic carbocycles. The van der Waals surface area contributed by atoms with Crippen molar-refractivity contribution in [1.82, 2.24) is 14.5 Å². The van der Waals surface area contributed by atoms with Gasteiger partial charge in [-0.15, -0.1) is 0 Å². The number of nitrogens with one attached hydrogen (secondary N) is 2. The molecule has 1 unspecified atom stereocenters. The molecule has 0 bridgehead atoms. The number of carbonyl (C=O) groups is 2. The zero-order chi connectivity index (χ0) is 23.1. The third kappa shape index (κ3) is 6.62. The molecule has 1 saturated heterocycles. The van der Waals surface area contributed by atoms with Crippen molar-refractivity contribution in [3.05, 3.63) is 60.2 Å². The quantitative estimate of drug-likeness (QED) is 0.567. The summed E-state index contributed by atoms with van der Waals surface area (Å²) in [6, 6.07) is 15.3. The molecule has 8 nitrogen and oxygen atoms in total. The van der Waals surface area contributed by atoms with Crippen molar-refractivity contribution in [3.8, 4) is 0 Å². The molecule has 172 valence electrons. The van der Waals surface area contributed by atoms with Gasteiger partial charge in [-0.3, -0.25) is 9.59 Å². The Morgan fingerprint density at radius 2 is 1.78 bits per heavy atom. The first-order valence-corrected chi connectivity index (χ1v) is 12.1. The number of nitrogens with zero attached hydrogens (tertiary/aromatic N) is 2. The lowest BCUT2D eigenvalue weighted by atomic mass is 10.1. The molecule has 1 fully saturated rings. The van der Waals surface area contributed by atoms with Crippen LogP contribution in [0, 0.1) is 5.92 Å². The molecule has 2 amide bonds. The maximum atomic E-state index is 12.6. The Balaban J connectivity index is 1.52. The first-order valence-electron chi connectivity index (χ1n) is 10.6. The SMILES string of the molecule is CN(C)CCCN1CC(C(=O)Nc2ccc(S(=O)(=O)NCc3ccccc3)cc2)CC1=O. The minimum atomic E-state index is -3.67. The van der Waals surface area contributed by atoms with Gasteiger partial charge < -0.3 is 15.1 Å². The van der Waals surface area contributed by atoms with Crippen molar-refractivity contribution < 1.29 is 18.0 Å². The molecule has 0 spiro atoms. The van der Waals surface area contributed by atoms with Gasteiger partial charge in [-0.2, -0.15) is 0 Å². The second-order valence-electron chi connectivity index (χ2n) is 8.22. The van der Waals surface area contributed by atoms with Crippen LogP contribution in [0.25, 0.3) is 0 Å². The number of rotatable bonds is 10. The Kier molecular flexibility index (Phi) is 8.00. The van der Waals surface area contributed by atoms with Crippen molar-refractivity contribution in [2.24, 2.45) is 5.92 Å². The van der Waals surface area contributed by atoms with E-state index in [1.807, 2.05) is 44.4 Å². The predicted octanol–water partition coefficient (Wildman–Crippen LogP) is 1.90. The Labute approximate surface area is 189 Å². The maximum absolute atomic E-state index is 12.6. The summed E-state index contributed by atoms with van der Waals surface area (Å²) in [5, 5.41) is 2.79. The van der Waals surface area contributed by atoms with Gasteiger partial charge in [0.05, 0.1) is 10.8 Å². The van der Waals surface area contributed by atoms with Crippen LogP contribution in [0.1, 0.15) is 18.4 Å². The van der Waals surface area contributed by atoms with Crippen molar-refractivity contribution in [2.45, 2.75) is 24.3 Å². The van der Waals surface area contributed by atoms with Crippen LogP contribution in [0.3, 0.4) is 0 Å². The first-order chi connectivity index (χ1) is 15.2. The molecule has 32 heavy (non-hydrogen) atoms. The molecule has 1 atom stereocenters. The lowest BCUT2D eigenvalue weighted by Crippen LogP contribution is -2.30. The number of carbonyl (C=O) groups excluding carboxylic acids is 2. The van der Waals surface area contributed by atoms with Gasteiger partial charge in [0, 0.05) is 31.7 Å². The molecule has 1 aliphatic rings. The fraction of sp³-hybridized carbons (Fsp3) is 0.391. The Hall–Kier alpha value is -2.75. The lowest BCUT2D eigenvalue weighted by Gasteiger charge is -2.18. The van der Waals surface area contributed by atoms with Gasteiger partial charge in [-0.25, -0.2) is 13.1 Å². The molecule has 2 N–H and O–H groups in total. The normalized spacial score (nSPS) is 16.5. The highest BCUT2D eigenvalue weighted by atomic mass is 32.2. The number of sulfonamides is 1. The van der Waals surface area contributed by atoms with E-state index in [1.54, 1.807) is 17.0 Å². The van der Waals surface area contributed by atoms with E-state index in [0.29, 0.717) is 18.8 Å². The fourth-order valence-electron chi connectivity index (χ4n) is 3.56. The summed E-state index contributed by atoms with van der Waals surface area (Å²) in [7, 11) is 0.302. The second kappa shape index (κ2) is 10.7. The predicted molar refractivity (Wildman–Crippen MR) is 123 cm³/mol. The Bertz CT molecular complexity index is 1020. The van der Waals surface area contributed by atoms with Crippen LogP contribution in [-0.4, -0.2) is 63.8 Å². The summed E-state index contributed by atoms with van der Waals surface area (Å²) in [4.78, 5) is 28.7. The average molecular weight is 459 g/mol. The standard InChI is InChI=1S/C23H30N4O4S/c1-26(2)13-6-14-27-17-19(15-22(27)28)23(29)25-20-9-11-21(12-10-20)32(30,31)24-16-18-7-4-3-5-8-18/h3-5,7-12,19,24H,6,13-17H2,1-2H3,(H,25,29). The molecular weight excluding hydrogens is 428 g/mol. The lowest BCUT2D eigenvalue weighted by molar-refractivity contribution is -0.128. The van der Waals surface area contributed by atoms with Crippen LogP contribution in [0.2, 0.25) is 0 Å². The minimum absolute atomic E-state index is 0.00478. The molecule has 9 heteroatoms. The fourth-order valence-corrected chi connectivity index (χ4v) is 4.58. The van der Waals surface area contributed by atoms with Gasteiger partial charge in [-0.1, -0.05) is 30.3 Å². The Morgan fingerprint density at radius 1 is 1.09 bits per heavy atom. The van der Waals surface area contributed by atoms with Crippen LogP contribution in [0.5, 0.6) is 0 Å². The summed E-state index contributed by atoms with van der Waals surface area (Å²) in [5.74, 6) is -0.640. The zero-order valence-corrected chi connectivity index (χ0v) is 19.3. The molecule has 1 aliphatic heterocycles. The van der Waals surface area contributed by atoms with Crippen LogP contribution in [-0.2, 0) is 26.2 Å². The van der Waals surface area contributed by atoms with Gasteiger partial charge in [0.15, 0.2) is 0 Å². The largest absolute Gasteiger partial charge is 0.342 e. The van der Waals surface area contributed by atoms with Crippen molar-refractivity contribution in [1.29, 1.82) is 0 Å². The number of hydrogen-bond donors (Lipinski definition) is 2. The van der Waals surface area contributed by atoms with Gasteiger partial charge >= 0.3 is 0 Å². The topological polar surface area (TPSA) is 98.8 Å². The third-order valence-corrected chi connectivity index (χ3v) is 6.78. The summed E-state index contributed by atoms with van der Waals surface area (Å²) >= 11 is 0. The van der Waals surface area contributed by atoms with Crippen molar-refractivity contribution in [2.75, 3.05) is 39.0 Å². The number of likely N-dealkylation sites (tertiary alicyclic amines) is 1. The van der Waals surface area contributed by atoms with E-state index in [-0.39, 0.29) is 29.7 Å². The summed E-state index contributed by atoms with van der Waals surface area (Å²) in [5.41, 5.74) is 1.36. The molecule has 3 rings (SSSR count). The maximum Gasteiger partial charge on any atom is 0.240 e. The van der Waals surface area contributed by atoms with Gasteiger partial charge in [0.1, 0.15) is 0 Å². The number of hydrogen-bond acceptors (Lipinski definition) is 5. The molecular formula is C23H30N4O4S. The number of amides is 2. The Morgan fingerprint density at radius 3 is 2.44 bits per heavy atom. The molecule has 0 aromatic heterocycles. The molecule has 2 aromatic rings. The van der Waals surface area contributed by atoms with Crippen LogP contribution >= 0.6 is 0 Å². The van der Waals surface area contributed by atoms with Crippen LogP contribution in [0.4, 0.5) is 5.69 Å². The number of anilines is 1. The van der Waals surface area contributed by atoms with E-state index in [4.69, 9.17) is 0 Å². The van der Waals surface area contributed by atoms with E-state index >= 15 is 0 Å². The summed E-state index contributed by atoms with van der Waals surface area (Å²) < 4.78 is 27.6. The minimum Gasteiger partial charge on any atom is -0.342 e. The van der Waals surface area contributed by atoms with E-state index in [2.05, 4.69) is 14.9 Å². The highest BCUT2D eigenvalue weighted by Crippen LogP contribution is 2.21. The summed E-state index contributed by atoms with van der Waals surface area (Å²) in [6.45, 7) is 2.13. The smallest absolute Gasteiger partial charge is 0.240 e. The average Bonchev–Trinajstić information content (AvgIpc) is 3.14. The monoisotopic (exact) mass is 458 g/mol. The number of benzene rings is 2. The van der Waals surface area contributed by atoms with Gasteiger partial charge in [-0.05, 0) is 56.9 Å². The second-order valence-corrected chi connectivity index (χ2v) is 9.99. The van der Waals surface area contributed by atoms with Gasteiger partial charge in [0.25, 0.3) is 0 Å². The highest BCUT2D eigenvalue weighted by Gasteiger charge is 2.34. The zero-order valence-electron chi connectivity index (χ0n) is 18.5. The summed E-state index contributed by atoms with van der Waals surface area (Å²) in [6.07, 6.45) is 1.06. The molecule has 0 saturated carbocycles. The van der Waals surface area contributed by atoms with E-state index in [0.717, 1.165) is 18.5 Å². The molecule has 1 heterocycles. The van der Waals surface area contributed by atoms with Crippen molar-refractivity contribution in [3.63, 3.8) is 0 Å². The van der Waals surface area contributed by atoms with E-state index in [9.17, 15) is 18.0 Å². The van der Waals surface area contributed by atoms with E-state index in [1.165, 1.54) is 12.1 Å². The first kappa shape index (κ1) is 23.9. The molecule has 0 radical (unpaired) electrons. The van der Waals surface area contributed by atoms with Crippen LogP contribution in [0.15, 0.2) is 59.5 Å².